The highest BCUT2D eigenvalue weighted by molar-refractivity contribution is 5.33. The lowest BCUT2D eigenvalue weighted by Crippen LogP contribution is -2.31. The van der Waals surface area contributed by atoms with Gasteiger partial charge in [0.05, 0.1) is 0 Å². The zero-order valence-electron chi connectivity index (χ0n) is 79.5. The van der Waals surface area contributed by atoms with E-state index < -0.39 is 0 Å². The van der Waals surface area contributed by atoms with Gasteiger partial charge in [-0.25, -0.2) is 0 Å². The van der Waals surface area contributed by atoms with Crippen LogP contribution in [0.2, 0.25) is 0 Å². The molecule has 106 heavy (non-hydrogen) atoms. The summed E-state index contributed by atoms with van der Waals surface area (Å²) in [4.78, 5) is 0. The number of allylic oxidation sites excluding steroid dienone is 20. The van der Waals surface area contributed by atoms with Crippen LogP contribution >= 0.6 is 0 Å². The van der Waals surface area contributed by atoms with Crippen LogP contribution in [0.1, 0.15) is 411 Å². The molecule has 0 spiro atoms. The smallest absolute Gasteiger partial charge is 0.00430 e. The van der Waals surface area contributed by atoms with E-state index in [2.05, 4.69) is 361 Å². The molecule has 0 aliphatic heterocycles. The van der Waals surface area contributed by atoms with E-state index in [-0.39, 0.29) is 0 Å². The number of hydrogen-bond acceptors (Lipinski definition) is 0. The average Bonchev–Trinajstić information content (AvgIpc) is 1.75. The molecule has 0 nitrogen and oxygen atoms in total. The Labute approximate surface area is 669 Å². The molecule has 0 saturated heterocycles. The van der Waals surface area contributed by atoms with Crippen LogP contribution in [0.25, 0.3) is 0 Å². The molecule has 0 radical (unpaired) electrons. The van der Waals surface area contributed by atoms with Crippen LogP contribution in [0, 0.1) is 143 Å². The fraction of sp³-hybridized carbons (Fsp3) is 0.811. The number of rotatable bonds is 10. The molecule has 0 N–H and O–H groups in total. The summed E-state index contributed by atoms with van der Waals surface area (Å²) >= 11 is 0. The zero-order chi connectivity index (χ0) is 81.8. The largest absolute Gasteiger partial charge is 0.0882 e. The van der Waals surface area contributed by atoms with Gasteiger partial charge in [-0.2, -0.15) is 0 Å². The Balaban J connectivity index is 0.000000589. The van der Waals surface area contributed by atoms with Gasteiger partial charge in [0.1, 0.15) is 0 Å². The van der Waals surface area contributed by atoms with Gasteiger partial charge in [-0.15, -0.1) is 0 Å². The summed E-state index contributed by atoms with van der Waals surface area (Å²) in [5, 5.41) is 0. The average molecular weight is 1470 g/mol. The van der Waals surface area contributed by atoms with Gasteiger partial charge in [-0.05, 0) is 229 Å². The van der Waals surface area contributed by atoms with Gasteiger partial charge in [-0.3, -0.25) is 0 Å². The van der Waals surface area contributed by atoms with Crippen LogP contribution in [-0.2, 0) is 0 Å². The molecule has 6 unspecified atom stereocenters. The maximum atomic E-state index is 2.45. The summed E-state index contributed by atoms with van der Waals surface area (Å²) < 4.78 is 0. The van der Waals surface area contributed by atoms with Crippen LogP contribution in [0.4, 0.5) is 0 Å². The highest BCUT2D eigenvalue weighted by atomic mass is 14.4. The van der Waals surface area contributed by atoms with Crippen molar-refractivity contribution in [3.8, 4) is 0 Å². The van der Waals surface area contributed by atoms with Gasteiger partial charge >= 0.3 is 0 Å². The maximum Gasteiger partial charge on any atom is 0.00430 e. The quantitative estimate of drug-likeness (QED) is 0.151. The third kappa shape index (κ3) is 34.8. The normalized spacial score (nSPS) is 26.9. The molecule has 0 aromatic rings. The van der Waals surface area contributed by atoms with Gasteiger partial charge in [0.2, 0.25) is 0 Å². The molecule has 3 fully saturated rings. The van der Waals surface area contributed by atoms with Crippen LogP contribution in [0.15, 0.2) is 119 Å². The summed E-state index contributed by atoms with van der Waals surface area (Å²) in [6.07, 6.45) is 65.1. The minimum absolute atomic E-state index is 0.298. The topological polar surface area (TPSA) is 0 Å². The molecular formula is C106H192. The van der Waals surface area contributed by atoms with Crippen molar-refractivity contribution in [2.45, 2.75) is 411 Å². The predicted octanol–water partition coefficient (Wildman–Crippen LogP) is 35.5. The van der Waals surface area contributed by atoms with Crippen molar-refractivity contribution in [1.29, 1.82) is 0 Å². The molecule has 10 aliphatic carbocycles. The first kappa shape index (κ1) is 101. The van der Waals surface area contributed by atoms with Gasteiger partial charge in [-0.1, -0.05) is 434 Å². The highest BCUT2D eigenvalue weighted by Gasteiger charge is 2.38. The lowest BCUT2D eigenvalue weighted by molar-refractivity contribution is 0.0958. The fourth-order valence-corrected chi connectivity index (χ4v) is 21.8. The van der Waals surface area contributed by atoms with Crippen LogP contribution in [0.5, 0.6) is 0 Å². The molecule has 6 atom stereocenters. The van der Waals surface area contributed by atoms with Crippen LogP contribution in [0.3, 0.4) is 0 Å². The van der Waals surface area contributed by atoms with E-state index in [1.54, 1.807) is 27.9 Å². The van der Waals surface area contributed by atoms with E-state index in [1.807, 2.05) is 0 Å². The first-order valence-corrected chi connectivity index (χ1v) is 45.5. The minimum Gasteiger partial charge on any atom is -0.0882 e. The standard InChI is InChI=1S/C11H22.2C11H20.2C11H18.C11H22.C10H20.2C10H18.C10H16/c5*1-9(2)10-7-5-6-8-11(10,3)4;1-9(2)11-8-6-4-5-7-10(11)3;4*1-8(2)9-6-5-7-10(9,3)4/h9-10H,5-8H2,1-4H3;7,9H,5-6,8H2,1-4H3;5,7,9-10H,6,8H2,1-4H3;6-9H,5H2,1-4H3;5-7,9H,8H2,1-4H3;9-11H,4-8H2,1-3H3;8-9H,5-7H2,1-4H3;6,8H,5,7H2,1-4H3;5-6,8-9H,7H2,1-4H3;5-8H,1-4H3. The van der Waals surface area contributed by atoms with E-state index in [1.165, 1.54) is 135 Å². The Kier molecular flexibility index (Phi) is 43.9. The molecule has 3 saturated carbocycles. The summed E-state index contributed by atoms with van der Waals surface area (Å²) in [6, 6.07) is 0. The minimum atomic E-state index is 0.298. The van der Waals surface area contributed by atoms with Crippen molar-refractivity contribution >= 4 is 0 Å². The molecule has 0 bridgehead atoms. The lowest BCUT2D eigenvalue weighted by atomic mass is 9.65. The van der Waals surface area contributed by atoms with Crippen molar-refractivity contribution < 1.29 is 0 Å². The van der Waals surface area contributed by atoms with Crippen molar-refractivity contribution in [1.82, 2.24) is 0 Å². The monoisotopic (exact) mass is 1470 g/mol. The SMILES string of the molecule is CC(C)C1=CC=CC1(C)C.CC(C)C1=CC=CCC1(C)C.CC(C)C1=CCC=CC1(C)C.CC(C)C1=CCCC1(C)C.CC(C)C1=CCCCC1(C)C.CC(C)C1C=CCC1(C)C.CC(C)C1C=CCCC1(C)C.CC(C)C1CCCC1(C)C.CC(C)C1CCCCC1(C)C.CC(C)C1CCCCCC1C. The Morgan fingerprint density at radius 2 is 0.755 bits per heavy atom. The van der Waals surface area contributed by atoms with Crippen molar-refractivity contribution in [2.24, 2.45) is 143 Å². The van der Waals surface area contributed by atoms with E-state index in [0.717, 1.165) is 83.4 Å². The van der Waals surface area contributed by atoms with E-state index in [0.29, 0.717) is 66.5 Å². The summed E-state index contributed by atoms with van der Waals surface area (Å²) in [5.74, 6) is 13.3. The van der Waals surface area contributed by atoms with Crippen LogP contribution in [-0.4, -0.2) is 0 Å². The summed E-state index contributed by atoms with van der Waals surface area (Å²) in [7, 11) is 0. The molecule has 10 rings (SSSR count). The molecule has 10 aliphatic rings. The third-order valence-corrected chi connectivity index (χ3v) is 27.6. The molecule has 0 heterocycles. The third-order valence-electron chi connectivity index (χ3n) is 27.6. The Hall–Kier alpha value is -2.60. The van der Waals surface area contributed by atoms with Crippen molar-refractivity contribution in [3.05, 3.63) is 119 Å². The van der Waals surface area contributed by atoms with E-state index >= 15 is 0 Å². The maximum absolute atomic E-state index is 2.45. The second-order valence-corrected chi connectivity index (χ2v) is 44.6. The van der Waals surface area contributed by atoms with Gasteiger partial charge in [0.25, 0.3) is 0 Å². The predicted molar refractivity (Wildman–Crippen MR) is 487 cm³/mol. The Bertz CT molecular complexity index is 2730. The highest BCUT2D eigenvalue weighted by Crippen LogP contribution is 2.49. The summed E-state index contributed by atoms with van der Waals surface area (Å²) in [5.41, 5.74) is 12.3. The van der Waals surface area contributed by atoms with E-state index in [9.17, 15) is 0 Å². The molecule has 0 heteroatoms. The van der Waals surface area contributed by atoms with Crippen molar-refractivity contribution in [3.63, 3.8) is 0 Å². The zero-order valence-corrected chi connectivity index (χ0v) is 79.5. The van der Waals surface area contributed by atoms with E-state index in [4.69, 9.17) is 0 Å². The second-order valence-electron chi connectivity index (χ2n) is 44.6. The van der Waals surface area contributed by atoms with Gasteiger partial charge < -0.3 is 0 Å². The fourth-order valence-electron chi connectivity index (χ4n) is 21.8. The Morgan fingerprint density at radius 3 is 1.08 bits per heavy atom. The molecule has 616 valence electrons. The van der Waals surface area contributed by atoms with Gasteiger partial charge in [0.15, 0.2) is 0 Å². The van der Waals surface area contributed by atoms with Crippen LogP contribution < -0.4 is 0 Å². The Morgan fingerprint density at radius 1 is 0.302 bits per heavy atom. The molecule has 0 amide bonds. The number of hydrogen-bond donors (Lipinski definition) is 0. The summed E-state index contributed by atoms with van der Waals surface area (Å²) in [6.45, 7) is 91.1. The van der Waals surface area contributed by atoms with Crippen molar-refractivity contribution in [2.75, 3.05) is 0 Å². The molecular weight excluding hydrogens is 1270 g/mol. The van der Waals surface area contributed by atoms with Gasteiger partial charge in [0, 0.05) is 10.8 Å². The lowest BCUT2D eigenvalue weighted by Gasteiger charge is -2.41. The first-order chi connectivity index (χ1) is 48.6. The second kappa shape index (κ2) is 45.9. The first-order valence-electron chi connectivity index (χ1n) is 45.5. The molecule has 0 aromatic heterocycles. The molecule has 0 aromatic carbocycles.